The summed E-state index contributed by atoms with van der Waals surface area (Å²) in [4.78, 5) is 33.9. The molecular formula is C25H19BrN6O2. The lowest BCUT2D eigenvalue weighted by molar-refractivity contribution is 0.0981. The SMILES string of the molecule is CC(=O)c1cc2nc(Nc3ccc(Br)cc3)nc(Nc3ccc4[nH]ncc4c3)c2cc1C(C)=O. The number of ketones is 2. The minimum absolute atomic E-state index is 0.199. The maximum absolute atomic E-state index is 12.3. The van der Waals surface area contributed by atoms with E-state index in [-0.39, 0.29) is 11.6 Å². The molecule has 0 unspecified atom stereocenters. The van der Waals surface area contributed by atoms with Crippen LogP contribution >= 0.6 is 15.9 Å². The third kappa shape index (κ3) is 4.25. The van der Waals surface area contributed by atoms with Gasteiger partial charge >= 0.3 is 0 Å². The first-order valence-electron chi connectivity index (χ1n) is 10.5. The fraction of sp³-hybridized carbons (Fsp3) is 0.0800. The quantitative estimate of drug-likeness (QED) is 0.232. The van der Waals surface area contributed by atoms with Crippen LogP contribution in [0, 0.1) is 0 Å². The number of fused-ring (bicyclic) bond motifs is 2. The van der Waals surface area contributed by atoms with Crippen molar-refractivity contribution in [3.05, 3.63) is 76.4 Å². The predicted molar refractivity (Wildman–Crippen MR) is 136 cm³/mol. The van der Waals surface area contributed by atoms with Crippen molar-refractivity contribution in [1.29, 1.82) is 0 Å². The Morgan fingerprint density at radius 2 is 1.56 bits per heavy atom. The molecule has 0 saturated carbocycles. The highest BCUT2D eigenvalue weighted by Crippen LogP contribution is 2.30. The Balaban J connectivity index is 1.66. The number of nitrogens with one attached hydrogen (secondary N) is 3. The van der Waals surface area contributed by atoms with Crippen molar-refractivity contribution < 1.29 is 9.59 Å². The van der Waals surface area contributed by atoms with Crippen LogP contribution < -0.4 is 10.6 Å². The van der Waals surface area contributed by atoms with Crippen LogP contribution in [0.5, 0.6) is 0 Å². The molecule has 5 rings (SSSR count). The van der Waals surface area contributed by atoms with E-state index in [2.05, 4.69) is 41.7 Å². The summed E-state index contributed by atoms with van der Waals surface area (Å²) in [5, 5.41) is 15.1. The van der Waals surface area contributed by atoms with E-state index in [9.17, 15) is 9.59 Å². The molecule has 0 aliphatic carbocycles. The number of rotatable bonds is 6. The minimum atomic E-state index is -0.201. The van der Waals surface area contributed by atoms with E-state index in [1.165, 1.54) is 13.8 Å². The Morgan fingerprint density at radius 3 is 2.29 bits per heavy atom. The van der Waals surface area contributed by atoms with Crippen molar-refractivity contribution in [2.24, 2.45) is 0 Å². The lowest BCUT2D eigenvalue weighted by Crippen LogP contribution is -2.07. The number of H-pyrrole nitrogens is 1. The number of Topliss-reactive ketones (excluding diaryl/α,β-unsaturated/α-hetero) is 2. The van der Waals surface area contributed by atoms with Crippen molar-refractivity contribution >= 4 is 72.4 Å². The monoisotopic (exact) mass is 514 g/mol. The van der Waals surface area contributed by atoms with Gasteiger partial charge in [-0.2, -0.15) is 10.1 Å². The highest BCUT2D eigenvalue weighted by atomic mass is 79.9. The average molecular weight is 515 g/mol. The lowest BCUT2D eigenvalue weighted by atomic mass is 9.98. The summed E-state index contributed by atoms with van der Waals surface area (Å²) < 4.78 is 0.956. The number of aromatic amines is 1. The number of hydrogen-bond acceptors (Lipinski definition) is 7. The molecule has 0 radical (unpaired) electrons. The Hall–Kier alpha value is -4.11. The Kier molecular flexibility index (Phi) is 5.54. The number of hydrogen-bond donors (Lipinski definition) is 3. The molecule has 2 aromatic heterocycles. The van der Waals surface area contributed by atoms with Crippen molar-refractivity contribution in [3.63, 3.8) is 0 Å². The molecule has 0 saturated heterocycles. The number of carbonyl (C=O) groups is 2. The number of benzene rings is 3. The molecule has 5 aromatic rings. The fourth-order valence-electron chi connectivity index (χ4n) is 3.73. The third-order valence-electron chi connectivity index (χ3n) is 5.40. The summed E-state index contributed by atoms with van der Waals surface area (Å²) >= 11 is 3.43. The first kappa shape index (κ1) is 21.7. The van der Waals surface area contributed by atoms with E-state index < -0.39 is 0 Å². The Labute approximate surface area is 202 Å². The first-order chi connectivity index (χ1) is 16.4. The molecule has 3 aromatic carbocycles. The molecule has 0 aliphatic heterocycles. The Morgan fingerprint density at radius 1 is 0.853 bits per heavy atom. The van der Waals surface area contributed by atoms with E-state index >= 15 is 0 Å². The Bertz CT molecular complexity index is 1580. The van der Waals surface area contributed by atoms with Crippen LogP contribution in [0.25, 0.3) is 21.8 Å². The second-order valence-electron chi connectivity index (χ2n) is 7.85. The van der Waals surface area contributed by atoms with Gasteiger partial charge in [-0.3, -0.25) is 14.7 Å². The topological polar surface area (TPSA) is 113 Å². The lowest BCUT2D eigenvalue weighted by Gasteiger charge is -2.14. The standard InChI is InChI=1S/C25H19BrN6O2/c1-13(33)19-10-21-23(11-20(19)14(2)34)30-25(29-17-5-3-16(26)4-6-17)31-24(21)28-18-7-8-22-15(9-18)12-27-32-22/h3-12H,1-2H3,(H,27,32)(H2,28,29,30,31). The number of halogens is 1. The normalized spacial score (nSPS) is 11.0. The van der Waals surface area contributed by atoms with Crippen LogP contribution in [0.15, 0.2) is 65.3 Å². The van der Waals surface area contributed by atoms with E-state index in [0.717, 1.165) is 26.8 Å². The molecule has 8 nitrogen and oxygen atoms in total. The van der Waals surface area contributed by atoms with Crippen LogP contribution in [0.4, 0.5) is 23.1 Å². The van der Waals surface area contributed by atoms with Crippen LogP contribution in [0.3, 0.4) is 0 Å². The number of carbonyl (C=O) groups excluding carboxylic acids is 2. The summed E-state index contributed by atoms with van der Waals surface area (Å²) in [6, 6.07) is 16.7. The summed E-state index contributed by atoms with van der Waals surface area (Å²) in [5.41, 5.74) is 3.73. The molecule has 0 atom stereocenters. The van der Waals surface area contributed by atoms with Gasteiger partial charge in [-0.1, -0.05) is 15.9 Å². The largest absolute Gasteiger partial charge is 0.340 e. The van der Waals surface area contributed by atoms with Crippen LogP contribution in [0.2, 0.25) is 0 Å². The van der Waals surface area contributed by atoms with Gasteiger partial charge in [0.15, 0.2) is 11.6 Å². The van der Waals surface area contributed by atoms with Crippen LogP contribution in [-0.4, -0.2) is 31.7 Å². The summed E-state index contributed by atoms with van der Waals surface area (Å²) in [6.45, 7) is 2.88. The van der Waals surface area contributed by atoms with E-state index in [1.807, 2.05) is 42.5 Å². The highest BCUT2D eigenvalue weighted by Gasteiger charge is 2.17. The molecule has 0 spiro atoms. The maximum Gasteiger partial charge on any atom is 0.229 e. The number of nitrogens with zero attached hydrogens (tertiary/aromatic N) is 3. The minimum Gasteiger partial charge on any atom is -0.340 e. The van der Waals surface area contributed by atoms with Gasteiger partial charge < -0.3 is 10.6 Å². The van der Waals surface area contributed by atoms with Gasteiger partial charge in [0.2, 0.25) is 5.95 Å². The molecule has 9 heteroatoms. The van der Waals surface area contributed by atoms with Gasteiger partial charge in [-0.25, -0.2) is 4.98 Å². The van der Waals surface area contributed by atoms with Gasteiger partial charge in [0.05, 0.1) is 17.2 Å². The van der Waals surface area contributed by atoms with Gasteiger partial charge in [-0.05, 0) is 68.4 Å². The average Bonchev–Trinajstić information content (AvgIpc) is 3.27. The predicted octanol–water partition coefficient (Wildman–Crippen LogP) is 6.16. The molecule has 0 bridgehead atoms. The maximum atomic E-state index is 12.3. The van der Waals surface area contributed by atoms with Gasteiger partial charge in [0.25, 0.3) is 0 Å². The zero-order chi connectivity index (χ0) is 23.8. The summed E-state index contributed by atoms with van der Waals surface area (Å²) in [6.07, 6.45) is 1.74. The molecule has 168 valence electrons. The molecule has 34 heavy (non-hydrogen) atoms. The molecule has 0 aliphatic rings. The van der Waals surface area contributed by atoms with Gasteiger partial charge in [0.1, 0.15) is 5.82 Å². The van der Waals surface area contributed by atoms with Crippen molar-refractivity contribution in [2.75, 3.05) is 10.6 Å². The smallest absolute Gasteiger partial charge is 0.229 e. The highest BCUT2D eigenvalue weighted by molar-refractivity contribution is 9.10. The molecule has 0 amide bonds. The molecule has 0 fully saturated rings. The van der Waals surface area contributed by atoms with E-state index in [1.54, 1.807) is 18.3 Å². The van der Waals surface area contributed by atoms with Crippen LogP contribution in [-0.2, 0) is 0 Å². The number of aromatic nitrogens is 4. The molecular weight excluding hydrogens is 496 g/mol. The zero-order valence-corrected chi connectivity index (χ0v) is 19.9. The van der Waals surface area contributed by atoms with Crippen LogP contribution in [0.1, 0.15) is 34.6 Å². The number of anilines is 4. The van der Waals surface area contributed by atoms with Crippen molar-refractivity contribution in [2.45, 2.75) is 13.8 Å². The molecule has 3 N–H and O–H groups in total. The fourth-order valence-corrected chi connectivity index (χ4v) is 3.99. The van der Waals surface area contributed by atoms with Gasteiger partial charge in [-0.15, -0.1) is 0 Å². The van der Waals surface area contributed by atoms with Gasteiger partial charge in [0, 0.05) is 37.7 Å². The second-order valence-corrected chi connectivity index (χ2v) is 8.77. The first-order valence-corrected chi connectivity index (χ1v) is 11.3. The van der Waals surface area contributed by atoms with Crippen molar-refractivity contribution in [1.82, 2.24) is 20.2 Å². The summed E-state index contributed by atoms with van der Waals surface area (Å²) in [5.74, 6) is 0.458. The molecule has 2 heterocycles. The summed E-state index contributed by atoms with van der Waals surface area (Å²) in [7, 11) is 0. The third-order valence-corrected chi connectivity index (χ3v) is 5.93. The van der Waals surface area contributed by atoms with E-state index in [0.29, 0.717) is 33.8 Å². The zero-order valence-electron chi connectivity index (χ0n) is 18.3. The van der Waals surface area contributed by atoms with Crippen molar-refractivity contribution in [3.8, 4) is 0 Å². The second kappa shape index (κ2) is 8.68. The van der Waals surface area contributed by atoms with E-state index in [4.69, 9.17) is 4.98 Å².